The number of thioether (sulfide) groups is 1. The number of amidine groups is 1. The number of hydrogen-bond acceptors (Lipinski definition) is 7. The summed E-state index contributed by atoms with van der Waals surface area (Å²) in [7, 11) is 1.34. The zero-order valence-corrected chi connectivity index (χ0v) is 24.1. The van der Waals surface area contributed by atoms with Crippen LogP contribution in [0.1, 0.15) is 27.8 Å². The van der Waals surface area contributed by atoms with E-state index in [0.717, 1.165) is 31.3 Å². The van der Waals surface area contributed by atoms with E-state index in [0.29, 0.717) is 34.8 Å². The molecule has 3 aromatic rings. The highest BCUT2D eigenvalue weighted by atomic mass is 32.2. The van der Waals surface area contributed by atoms with Crippen molar-refractivity contribution >= 4 is 28.9 Å². The number of alkyl halides is 6. The van der Waals surface area contributed by atoms with Gasteiger partial charge in [0.25, 0.3) is 5.91 Å². The highest BCUT2D eigenvalue weighted by molar-refractivity contribution is 8.18. The first-order valence-electron chi connectivity index (χ1n) is 13.4. The molecule has 5 rings (SSSR count). The van der Waals surface area contributed by atoms with E-state index in [2.05, 4.69) is 19.8 Å². The number of aliphatic imine (C=N–C) groups is 1. The second-order valence-electron chi connectivity index (χ2n) is 10.0. The summed E-state index contributed by atoms with van der Waals surface area (Å²) in [6.45, 7) is 3.17. The van der Waals surface area contributed by atoms with Gasteiger partial charge in [0, 0.05) is 50.7 Å². The minimum absolute atomic E-state index is 0.0696. The van der Waals surface area contributed by atoms with E-state index in [-0.39, 0.29) is 23.5 Å². The van der Waals surface area contributed by atoms with Crippen LogP contribution in [0, 0.1) is 0 Å². The van der Waals surface area contributed by atoms with E-state index in [9.17, 15) is 31.1 Å². The molecule has 0 bridgehead atoms. The van der Waals surface area contributed by atoms with Gasteiger partial charge >= 0.3 is 12.4 Å². The Morgan fingerprint density at radius 2 is 1.73 bits per heavy atom. The van der Waals surface area contributed by atoms with Crippen molar-refractivity contribution in [2.24, 2.45) is 4.99 Å². The molecule has 14 heteroatoms. The fraction of sp³-hybridized carbons (Fsp3) is 0.300. The molecule has 2 aromatic carbocycles. The lowest BCUT2D eigenvalue weighted by atomic mass is 10.0. The van der Waals surface area contributed by atoms with Crippen LogP contribution in [-0.4, -0.2) is 59.1 Å². The second kappa shape index (κ2) is 12.9. The van der Waals surface area contributed by atoms with Crippen LogP contribution in [0.4, 0.5) is 26.3 Å². The number of piperazine rings is 1. The molecule has 2 aliphatic heterocycles. The van der Waals surface area contributed by atoms with Crippen molar-refractivity contribution in [3.63, 3.8) is 0 Å². The summed E-state index contributed by atoms with van der Waals surface area (Å²) in [5, 5.41) is 0.617. The Labute approximate surface area is 253 Å². The lowest BCUT2D eigenvalue weighted by Crippen LogP contribution is -2.47. The summed E-state index contributed by atoms with van der Waals surface area (Å²) in [4.78, 5) is 25.8. The minimum atomic E-state index is -5.01. The predicted molar refractivity (Wildman–Crippen MR) is 153 cm³/mol. The molecular weight excluding hydrogens is 610 g/mol. The Morgan fingerprint density at radius 3 is 2.39 bits per heavy atom. The van der Waals surface area contributed by atoms with Gasteiger partial charge in [-0.25, -0.2) is 0 Å². The van der Waals surface area contributed by atoms with Crippen LogP contribution in [0.5, 0.6) is 11.5 Å². The normalized spacial score (nSPS) is 17.2. The molecule has 3 heterocycles. The van der Waals surface area contributed by atoms with Gasteiger partial charge in [0.05, 0.1) is 23.1 Å². The largest absolute Gasteiger partial charge is 0.493 e. The van der Waals surface area contributed by atoms with Gasteiger partial charge in [-0.2, -0.15) is 31.3 Å². The number of benzene rings is 2. The third-order valence-corrected chi connectivity index (χ3v) is 8.04. The number of methoxy groups -OCH3 is 1. The van der Waals surface area contributed by atoms with Crippen molar-refractivity contribution in [1.29, 1.82) is 0 Å². The van der Waals surface area contributed by atoms with Crippen LogP contribution in [-0.2, 0) is 30.3 Å². The van der Waals surface area contributed by atoms with Gasteiger partial charge in [-0.3, -0.25) is 14.7 Å². The summed E-state index contributed by atoms with van der Waals surface area (Å²) < 4.78 is 90.4. The fourth-order valence-corrected chi connectivity index (χ4v) is 5.69. The van der Waals surface area contributed by atoms with Gasteiger partial charge in [0.2, 0.25) is 0 Å². The number of ether oxygens (including phenoxy) is 2. The second-order valence-corrected chi connectivity index (χ2v) is 11.0. The maximum atomic E-state index is 13.5. The summed E-state index contributed by atoms with van der Waals surface area (Å²) in [5.41, 5.74) is -1.61. The average molecular weight is 637 g/mol. The first kappa shape index (κ1) is 31.4. The molecule has 0 saturated carbocycles. The number of nitrogens with zero attached hydrogens (tertiary/aromatic N) is 4. The first-order chi connectivity index (χ1) is 20.9. The van der Waals surface area contributed by atoms with Gasteiger partial charge in [-0.05, 0) is 59.3 Å². The number of aromatic nitrogens is 1. The average Bonchev–Trinajstić information content (AvgIpc) is 3.35. The molecule has 0 unspecified atom stereocenters. The molecule has 232 valence electrons. The van der Waals surface area contributed by atoms with Crippen LogP contribution in [0.2, 0.25) is 0 Å². The molecule has 0 N–H and O–H groups in total. The quantitative estimate of drug-likeness (QED) is 0.217. The highest BCUT2D eigenvalue weighted by Gasteiger charge is 2.38. The molecule has 1 fully saturated rings. The highest BCUT2D eigenvalue weighted by Crippen LogP contribution is 2.39. The lowest BCUT2D eigenvalue weighted by Gasteiger charge is -2.35. The number of carbonyl (C=O) groups is 1. The molecule has 7 nitrogen and oxygen atoms in total. The van der Waals surface area contributed by atoms with Gasteiger partial charge in [0.1, 0.15) is 6.61 Å². The van der Waals surface area contributed by atoms with Gasteiger partial charge < -0.3 is 14.4 Å². The molecule has 2 aliphatic rings. The Bertz CT molecular complexity index is 1570. The van der Waals surface area contributed by atoms with Gasteiger partial charge in [0.15, 0.2) is 16.7 Å². The monoisotopic (exact) mass is 636 g/mol. The van der Waals surface area contributed by atoms with Crippen molar-refractivity contribution in [3.8, 4) is 11.5 Å². The van der Waals surface area contributed by atoms with Gasteiger partial charge in [-0.15, -0.1) is 0 Å². The van der Waals surface area contributed by atoms with Crippen LogP contribution >= 0.6 is 11.8 Å². The summed E-state index contributed by atoms with van der Waals surface area (Å²) in [5.74, 6) is -0.139. The molecule has 0 aliphatic carbocycles. The van der Waals surface area contributed by atoms with Crippen LogP contribution in [0.15, 0.2) is 70.8 Å². The van der Waals surface area contributed by atoms with Crippen molar-refractivity contribution in [1.82, 2.24) is 14.8 Å². The van der Waals surface area contributed by atoms with E-state index in [1.165, 1.54) is 24.9 Å². The van der Waals surface area contributed by atoms with Crippen molar-refractivity contribution in [2.45, 2.75) is 25.5 Å². The third-order valence-electron chi connectivity index (χ3n) is 6.99. The smallest absolute Gasteiger partial charge is 0.416 e. The van der Waals surface area contributed by atoms with E-state index in [1.54, 1.807) is 24.4 Å². The molecule has 0 radical (unpaired) electrons. The molecule has 44 heavy (non-hydrogen) atoms. The molecule has 1 amide bonds. The van der Waals surface area contributed by atoms with Crippen molar-refractivity contribution in [3.05, 3.63) is 93.6 Å². The van der Waals surface area contributed by atoms with Crippen LogP contribution in [0.3, 0.4) is 0 Å². The van der Waals surface area contributed by atoms with Crippen molar-refractivity contribution < 1.29 is 40.6 Å². The number of pyridine rings is 1. The van der Waals surface area contributed by atoms with Crippen LogP contribution in [0.25, 0.3) is 6.08 Å². The van der Waals surface area contributed by atoms with Crippen LogP contribution < -0.4 is 9.47 Å². The SMILES string of the molecule is COc1cc(C=C2SC(N3CCN(Cc4cccnc4)CC3)=NC2=O)ccc1OCc1ccc(C(F)(F)F)cc1C(F)(F)F. The van der Waals surface area contributed by atoms with Gasteiger partial charge in [-0.1, -0.05) is 18.2 Å². The molecule has 1 aromatic heterocycles. The predicted octanol–water partition coefficient (Wildman–Crippen LogP) is 6.49. The number of halogens is 6. The Hall–Kier alpha value is -4.04. The maximum Gasteiger partial charge on any atom is 0.416 e. The lowest BCUT2D eigenvalue weighted by molar-refractivity contribution is -0.143. The molecule has 0 atom stereocenters. The molecule has 1 saturated heterocycles. The van der Waals surface area contributed by atoms with Crippen molar-refractivity contribution in [2.75, 3.05) is 33.3 Å². The summed E-state index contributed by atoms with van der Waals surface area (Å²) in [6, 6.07) is 9.92. The number of hydrogen-bond donors (Lipinski definition) is 0. The Balaban J connectivity index is 1.22. The van der Waals surface area contributed by atoms with E-state index < -0.39 is 35.6 Å². The maximum absolute atomic E-state index is 13.5. The van der Waals surface area contributed by atoms with E-state index in [1.807, 2.05) is 18.3 Å². The minimum Gasteiger partial charge on any atom is -0.493 e. The molecule has 0 spiro atoms. The summed E-state index contributed by atoms with van der Waals surface area (Å²) in [6.07, 6.45) is -4.73. The topological polar surface area (TPSA) is 67.3 Å². The molecular formula is C30H26F6N4O3S. The third kappa shape index (κ3) is 7.53. The Kier molecular flexibility index (Phi) is 9.20. The Morgan fingerprint density at radius 1 is 0.955 bits per heavy atom. The zero-order valence-electron chi connectivity index (χ0n) is 23.3. The first-order valence-corrected chi connectivity index (χ1v) is 14.2. The fourth-order valence-electron chi connectivity index (χ4n) is 4.72. The van der Waals surface area contributed by atoms with E-state index >= 15 is 0 Å². The zero-order chi connectivity index (χ0) is 31.5. The number of amides is 1. The number of carbonyl (C=O) groups excluding carboxylic acids is 1. The standard InChI is InChI=1S/C30H26F6N4O3S/c1-42-25-13-19(4-7-24(25)43-18-21-5-6-22(29(31,32)33)15-23(21)30(34,35)36)14-26-27(41)38-28(44-26)40-11-9-39(10-12-40)17-20-3-2-8-37-16-20/h2-8,13-16H,9-12,17-18H2,1H3. The van der Waals surface area contributed by atoms with E-state index in [4.69, 9.17) is 9.47 Å². The number of rotatable bonds is 7. The summed E-state index contributed by atoms with van der Waals surface area (Å²) >= 11 is 1.26.